The fourth-order valence-electron chi connectivity index (χ4n) is 2.59. The minimum absolute atomic E-state index is 0.279. The fourth-order valence-corrected chi connectivity index (χ4v) is 3.39. The molecule has 1 heterocycles. The largest absolute Gasteiger partial charge is 0.457 e. The topological polar surface area (TPSA) is 37.9 Å². The van der Waals surface area contributed by atoms with Crippen molar-refractivity contribution in [2.24, 2.45) is 0 Å². The average molecular weight is 376 g/mol. The number of rotatable bonds is 6. The Bertz CT molecular complexity index is 999. The zero-order valence-corrected chi connectivity index (χ0v) is 15.2. The van der Waals surface area contributed by atoms with Gasteiger partial charge in [-0.3, -0.25) is 0 Å². The zero-order valence-electron chi connectivity index (χ0n) is 14.4. The van der Waals surface area contributed by atoms with E-state index in [1.54, 1.807) is 23.9 Å². The molecular weight excluding hydrogens is 359 g/mol. The van der Waals surface area contributed by atoms with Crippen molar-refractivity contribution in [1.29, 1.82) is 0 Å². The van der Waals surface area contributed by atoms with Gasteiger partial charge in [-0.15, -0.1) is 11.8 Å². The maximum Gasteiger partial charge on any atom is 0.127 e. The molecule has 5 heteroatoms. The van der Waals surface area contributed by atoms with E-state index in [0.29, 0.717) is 11.5 Å². The van der Waals surface area contributed by atoms with Gasteiger partial charge in [-0.25, -0.2) is 9.37 Å². The second kappa shape index (κ2) is 8.10. The molecule has 3 nitrogen and oxygen atoms in total. The SMILES string of the molecule is Fc1ccc(Oc2ccc(-c3cnc(CSc4ccccc4)[nH]3)cc2)cc1. The smallest absolute Gasteiger partial charge is 0.127 e. The maximum absolute atomic E-state index is 13.0. The number of H-pyrrole nitrogens is 1. The molecular formula is C22H17FN2OS. The summed E-state index contributed by atoms with van der Waals surface area (Å²) < 4.78 is 18.7. The fraction of sp³-hybridized carbons (Fsp3) is 0.0455. The molecule has 27 heavy (non-hydrogen) atoms. The highest BCUT2D eigenvalue weighted by Crippen LogP contribution is 2.26. The van der Waals surface area contributed by atoms with Gasteiger partial charge in [-0.05, 0) is 66.2 Å². The van der Waals surface area contributed by atoms with Crippen LogP contribution in [0.15, 0.2) is 90.0 Å². The lowest BCUT2D eigenvalue weighted by Crippen LogP contribution is -1.86. The lowest BCUT2D eigenvalue weighted by Gasteiger charge is -2.06. The first-order chi connectivity index (χ1) is 13.3. The predicted octanol–water partition coefficient (Wildman–Crippen LogP) is 6.30. The molecule has 0 unspecified atom stereocenters. The summed E-state index contributed by atoms with van der Waals surface area (Å²) in [7, 11) is 0. The van der Waals surface area contributed by atoms with Crippen LogP contribution in [0.3, 0.4) is 0 Å². The standard InChI is InChI=1S/C22H17FN2OS/c23-17-8-12-19(13-9-17)26-18-10-6-16(7-11-18)21-14-24-22(25-21)15-27-20-4-2-1-3-5-20/h1-14H,15H2,(H,24,25). The predicted molar refractivity (Wildman–Crippen MR) is 107 cm³/mol. The molecule has 0 saturated heterocycles. The number of nitrogens with zero attached hydrogens (tertiary/aromatic N) is 1. The second-order valence-corrected chi connectivity index (χ2v) is 6.97. The maximum atomic E-state index is 13.0. The van der Waals surface area contributed by atoms with Crippen LogP contribution in [0.1, 0.15) is 5.82 Å². The van der Waals surface area contributed by atoms with E-state index in [2.05, 4.69) is 22.1 Å². The Kier molecular flexibility index (Phi) is 5.21. The van der Waals surface area contributed by atoms with Crippen molar-refractivity contribution in [3.05, 3.63) is 96.7 Å². The molecule has 0 spiro atoms. The van der Waals surface area contributed by atoms with E-state index < -0.39 is 0 Å². The molecule has 0 fully saturated rings. The molecule has 1 aromatic heterocycles. The van der Waals surface area contributed by atoms with Gasteiger partial charge in [0.2, 0.25) is 0 Å². The Hall–Kier alpha value is -3.05. The molecule has 0 aliphatic carbocycles. The van der Waals surface area contributed by atoms with E-state index in [4.69, 9.17) is 4.74 Å². The minimum atomic E-state index is -0.279. The number of imidazole rings is 1. The van der Waals surface area contributed by atoms with Gasteiger partial charge in [0.05, 0.1) is 17.6 Å². The van der Waals surface area contributed by atoms with Crippen LogP contribution < -0.4 is 4.74 Å². The summed E-state index contributed by atoms with van der Waals surface area (Å²) in [5, 5.41) is 0. The molecule has 0 amide bonds. The van der Waals surface area contributed by atoms with Crippen LogP contribution in [0.5, 0.6) is 11.5 Å². The van der Waals surface area contributed by atoms with Gasteiger partial charge in [0.1, 0.15) is 23.1 Å². The molecule has 0 atom stereocenters. The van der Waals surface area contributed by atoms with Gasteiger partial charge in [-0.1, -0.05) is 18.2 Å². The first-order valence-electron chi connectivity index (χ1n) is 8.52. The van der Waals surface area contributed by atoms with Crippen LogP contribution in [0, 0.1) is 5.82 Å². The Morgan fingerprint density at radius 1 is 0.852 bits per heavy atom. The number of ether oxygens (including phenoxy) is 1. The van der Waals surface area contributed by atoms with Gasteiger partial charge in [-0.2, -0.15) is 0 Å². The van der Waals surface area contributed by atoms with Gasteiger partial charge >= 0.3 is 0 Å². The second-order valence-electron chi connectivity index (χ2n) is 5.93. The van der Waals surface area contributed by atoms with Crippen molar-refractivity contribution in [3.8, 4) is 22.8 Å². The number of aromatic amines is 1. The van der Waals surface area contributed by atoms with Crippen molar-refractivity contribution in [1.82, 2.24) is 9.97 Å². The number of halogens is 1. The molecule has 4 rings (SSSR count). The molecule has 0 saturated carbocycles. The molecule has 0 aliphatic heterocycles. The third-order valence-corrected chi connectivity index (χ3v) is 4.99. The van der Waals surface area contributed by atoms with Gasteiger partial charge in [0, 0.05) is 4.90 Å². The van der Waals surface area contributed by atoms with Crippen LogP contribution in [0.4, 0.5) is 4.39 Å². The molecule has 1 N–H and O–H groups in total. The van der Waals surface area contributed by atoms with Crippen LogP contribution >= 0.6 is 11.8 Å². The first-order valence-corrected chi connectivity index (χ1v) is 9.50. The monoisotopic (exact) mass is 376 g/mol. The highest BCUT2D eigenvalue weighted by atomic mass is 32.2. The summed E-state index contributed by atoms with van der Waals surface area (Å²) in [6.07, 6.45) is 1.84. The minimum Gasteiger partial charge on any atom is -0.457 e. The molecule has 0 bridgehead atoms. The van der Waals surface area contributed by atoms with Crippen molar-refractivity contribution >= 4 is 11.8 Å². The quantitative estimate of drug-likeness (QED) is 0.401. The molecule has 0 radical (unpaired) electrons. The molecule has 3 aromatic carbocycles. The molecule has 4 aromatic rings. The first kappa shape index (κ1) is 17.4. The molecule has 134 valence electrons. The average Bonchev–Trinajstić information content (AvgIpc) is 3.19. The van der Waals surface area contributed by atoms with E-state index >= 15 is 0 Å². The van der Waals surface area contributed by atoms with Crippen LogP contribution in [-0.4, -0.2) is 9.97 Å². The third-order valence-electron chi connectivity index (χ3n) is 3.96. The summed E-state index contributed by atoms with van der Waals surface area (Å²) >= 11 is 1.75. The summed E-state index contributed by atoms with van der Waals surface area (Å²) in [5.41, 5.74) is 2.00. The van der Waals surface area contributed by atoms with E-state index in [-0.39, 0.29) is 5.82 Å². The molecule has 0 aliphatic rings. The number of hydrogen-bond donors (Lipinski definition) is 1. The summed E-state index contributed by atoms with van der Waals surface area (Å²) in [5.74, 6) is 2.75. The van der Waals surface area contributed by atoms with Gasteiger partial charge < -0.3 is 9.72 Å². The lowest BCUT2D eigenvalue weighted by molar-refractivity contribution is 0.480. The number of hydrogen-bond acceptors (Lipinski definition) is 3. The Morgan fingerprint density at radius 2 is 1.52 bits per heavy atom. The van der Waals surface area contributed by atoms with Crippen LogP contribution in [0.25, 0.3) is 11.3 Å². The number of nitrogens with one attached hydrogen (secondary N) is 1. The van der Waals surface area contributed by atoms with Crippen molar-refractivity contribution in [2.75, 3.05) is 0 Å². The van der Waals surface area contributed by atoms with Crippen molar-refractivity contribution in [3.63, 3.8) is 0 Å². The van der Waals surface area contributed by atoms with Crippen LogP contribution in [-0.2, 0) is 5.75 Å². The van der Waals surface area contributed by atoms with E-state index in [0.717, 1.165) is 22.8 Å². The lowest BCUT2D eigenvalue weighted by atomic mass is 10.1. The van der Waals surface area contributed by atoms with Crippen molar-refractivity contribution < 1.29 is 9.13 Å². The number of thioether (sulfide) groups is 1. The van der Waals surface area contributed by atoms with Gasteiger partial charge in [0.15, 0.2) is 0 Å². The summed E-state index contributed by atoms with van der Waals surface area (Å²) in [6, 6.07) is 23.9. The Labute approximate surface area is 161 Å². The third kappa shape index (κ3) is 4.57. The summed E-state index contributed by atoms with van der Waals surface area (Å²) in [6.45, 7) is 0. The Morgan fingerprint density at radius 3 is 2.22 bits per heavy atom. The van der Waals surface area contributed by atoms with Crippen molar-refractivity contribution in [2.45, 2.75) is 10.6 Å². The van der Waals surface area contributed by atoms with E-state index in [9.17, 15) is 4.39 Å². The number of aromatic nitrogens is 2. The van der Waals surface area contributed by atoms with Gasteiger partial charge in [0.25, 0.3) is 0 Å². The number of benzene rings is 3. The van der Waals surface area contributed by atoms with Crippen LogP contribution in [0.2, 0.25) is 0 Å². The highest BCUT2D eigenvalue weighted by molar-refractivity contribution is 7.98. The highest BCUT2D eigenvalue weighted by Gasteiger charge is 2.05. The summed E-state index contributed by atoms with van der Waals surface area (Å²) in [4.78, 5) is 9.04. The Balaban J connectivity index is 1.40. The van der Waals surface area contributed by atoms with E-state index in [1.165, 1.54) is 17.0 Å². The normalized spacial score (nSPS) is 10.7. The van der Waals surface area contributed by atoms with E-state index in [1.807, 2.05) is 48.7 Å². The zero-order chi connectivity index (χ0) is 18.5.